The second-order valence-corrected chi connectivity index (χ2v) is 6.04. The number of nitrogens with zero attached hydrogens (tertiary/aromatic N) is 1. The van der Waals surface area contributed by atoms with Gasteiger partial charge in [-0.05, 0) is 63.1 Å². The van der Waals surface area contributed by atoms with Crippen molar-refractivity contribution in [1.82, 2.24) is 4.90 Å². The van der Waals surface area contributed by atoms with Crippen molar-refractivity contribution in [3.63, 3.8) is 0 Å². The first kappa shape index (κ1) is 9.85. The second-order valence-electron chi connectivity index (χ2n) is 4.93. The molecule has 0 aromatic rings. The lowest BCUT2D eigenvalue weighted by Gasteiger charge is -2.40. The van der Waals surface area contributed by atoms with Gasteiger partial charge in [-0.3, -0.25) is 0 Å². The van der Waals surface area contributed by atoms with Crippen molar-refractivity contribution < 1.29 is 0 Å². The molecule has 0 bridgehead atoms. The molecule has 0 amide bonds. The Bertz CT molecular complexity index is 163. The summed E-state index contributed by atoms with van der Waals surface area (Å²) in [6.45, 7) is 7.33. The van der Waals surface area contributed by atoms with Crippen molar-refractivity contribution in [2.24, 2.45) is 5.41 Å². The number of rotatable bonds is 1. The fourth-order valence-corrected chi connectivity index (χ4v) is 4.15. The number of hydrogen-bond acceptors (Lipinski definition) is 2. The van der Waals surface area contributed by atoms with Gasteiger partial charge in [-0.1, -0.05) is 0 Å². The Morgan fingerprint density at radius 1 is 1.15 bits per heavy atom. The molecule has 2 heteroatoms. The van der Waals surface area contributed by atoms with Crippen molar-refractivity contribution in [2.45, 2.75) is 39.2 Å². The minimum absolute atomic E-state index is 0.756. The Labute approximate surface area is 86.3 Å². The Morgan fingerprint density at radius 2 is 1.85 bits per heavy atom. The summed E-state index contributed by atoms with van der Waals surface area (Å²) >= 11 is 2.17. The summed E-state index contributed by atoms with van der Waals surface area (Å²) in [5.41, 5.74) is 0.760. The van der Waals surface area contributed by atoms with Crippen molar-refractivity contribution in [1.29, 1.82) is 0 Å². The number of piperidine rings is 1. The maximum Gasteiger partial charge on any atom is 0.00385 e. The highest BCUT2D eigenvalue weighted by Gasteiger charge is 2.37. The van der Waals surface area contributed by atoms with E-state index in [0.29, 0.717) is 0 Å². The van der Waals surface area contributed by atoms with Crippen LogP contribution < -0.4 is 0 Å². The van der Waals surface area contributed by atoms with Gasteiger partial charge in [0.05, 0.1) is 0 Å². The van der Waals surface area contributed by atoms with E-state index < -0.39 is 0 Å². The van der Waals surface area contributed by atoms with Gasteiger partial charge in [0.15, 0.2) is 0 Å². The summed E-state index contributed by atoms with van der Waals surface area (Å²) in [7, 11) is 0. The third-order valence-corrected chi connectivity index (χ3v) is 5.08. The molecule has 0 saturated carbocycles. The Morgan fingerprint density at radius 3 is 2.31 bits per heavy atom. The van der Waals surface area contributed by atoms with Crippen LogP contribution in [0.3, 0.4) is 0 Å². The smallest absolute Gasteiger partial charge is 0.00385 e. The number of hydrogen-bond donors (Lipinski definition) is 0. The molecular weight excluding hydrogens is 178 g/mol. The third-order valence-electron chi connectivity index (χ3n) is 3.77. The van der Waals surface area contributed by atoms with Crippen LogP contribution in [0.4, 0.5) is 0 Å². The van der Waals surface area contributed by atoms with E-state index in [1.807, 2.05) is 0 Å². The molecule has 13 heavy (non-hydrogen) atoms. The Balaban J connectivity index is 1.88. The van der Waals surface area contributed by atoms with Crippen LogP contribution in [0.15, 0.2) is 0 Å². The van der Waals surface area contributed by atoms with Gasteiger partial charge in [-0.2, -0.15) is 11.8 Å². The molecule has 0 atom stereocenters. The molecule has 76 valence electrons. The van der Waals surface area contributed by atoms with Crippen LogP contribution in [0.2, 0.25) is 0 Å². The summed E-state index contributed by atoms with van der Waals surface area (Å²) in [6.07, 6.45) is 4.40. The molecule has 1 nitrogen and oxygen atoms in total. The zero-order valence-corrected chi connectivity index (χ0v) is 9.70. The summed E-state index contributed by atoms with van der Waals surface area (Å²) in [5, 5.41) is 0. The van der Waals surface area contributed by atoms with Gasteiger partial charge in [0.25, 0.3) is 0 Å². The number of thioether (sulfide) groups is 1. The van der Waals surface area contributed by atoms with E-state index in [0.717, 1.165) is 11.5 Å². The van der Waals surface area contributed by atoms with E-state index >= 15 is 0 Å². The summed E-state index contributed by atoms with van der Waals surface area (Å²) < 4.78 is 0. The highest BCUT2D eigenvalue weighted by atomic mass is 32.2. The van der Waals surface area contributed by atoms with Crippen molar-refractivity contribution in [3.05, 3.63) is 0 Å². The topological polar surface area (TPSA) is 3.24 Å². The maximum atomic E-state index is 2.63. The van der Waals surface area contributed by atoms with Crippen molar-refractivity contribution in [3.8, 4) is 0 Å². The number of likely N-dealkylation sites (tertiary alicyclic amines) is 1. The molecular formula is C11H21NS. The average molecular weight is 199 g/mol. The second kappa shape index (κ2) is 3.82. The Hall–Kier alpha value is 0.310. The SMILES string of the molecule is CC(C)N1CCC2(CCSC2)CC1. The molecule has 0 radical (unpaired) electrons. The lowest BCUT2D eigenvalue weighted by atomic mass is 9.78. The zero-order chi connectivity index (χ0) is 9.31. The molecule has 0 aromatic carbocycles. The molecule has 0 aromatic heterocycles. The first-order valence-electron chi connectivity index (χ1n) is 5.54. The Kier molecular flexibility index (Phi) is 2.89. The molecule has 2 aliphatic heterocycles. The highest BCUT2D eigenvalue weighted by molar-refractivity contribution is 7.99. The maximum absolute atomic E-state index is 2.63. The van der Waals surface area contributed by atoms with E-state index in [1.165, 1.54) is 43.9 Å². The molecule has 0 aliphatic carbocycles. The fourth-order valence-electron chi connectivity index (χ4n) is 2.56. The lowest BCUT2D eigenvalue weighted by Crippen LogP contribution is -2.43. The molecule has 2 aliphatic rings. The predicted molar refractivity (Wildman–Crippen MR) is 60.3 cm³/mol. The van der Waals surface area contributed by atoms with Crippen LogP contribution in [0.5, 0.6) is 0 Å². The van der Waals surface area contributed by atoms with Gasteiger partial charge in [0.1, 0.15) is 0 Å². The van der Waals surface area contributed by atoms with E-state index in [4.69, 9.17) is 0 Å². The van der Waals surface area contributed by atoms with Crippen LogP contribution in [0, 0.1) is 5.41 Å². The minimum Gasteiger partial charge on any atom is -0.301 e. The van der Waals surface area contributed by atoms with Gasteiger partial charge in [0, 0.05) is 6.04 Å². The van der Waals surface area contributed by atoms with Gasteiger partial charge in [-0.15, -0.1) is 0 Å². The van der Waals surface area contributed by atoms with Crippen molar-refractivity contribution in [2.75, 3.05) is 24.6 Å². The molecule has 2 saturated heterocycles. The molecule has 0 N–H and O–H groups in total. The van der Waals surface area contributed by atoms with Gasteiger partial charge in [0.2, 0.25) is 0 Å². The monoisotopic (exact) mass is 199 g/mol. The summed E-state index contributed by atoms with van der Waals surface area (Å²) in [5.74, 6) is 2.86. The standard InChI is InChI=1S/C11H21NS/c1-10(2)12-6-3-11(4-7-12)5-8-13-9-11/h10H,3-9H2,1-2H3. The normalized spacial score (nSPS) is 28.8. The van der Waals surface area contributed by atoms with Crippen LogP contribution in [-0.2, 0) is 0 Å². The molecule has 0 unspecified atom stereocenters. The van der Waals surface area contributed by atoms with Crippen LogP contribution in [0.1, 0.15) is 33.1 Å². The first-order valence-corrected chi connectivity index (χ1v) is 6.69. The molecule has 1 spiro atoms. The van der Waals surface area contributed by atoms with E-state index in [2.05, 4.69) is 30.5 Å². The summed E-state index contributed by atoms with van der Waals surface area (Å²) in [6, 6.07) is 0.756. The minimum atomic E-state index is 0.756. The van der Waals surface area contributed by atoms with Crippen molar-refractivity contribution >= 4 is 11.8 Å². The predicted octanol–water partition coefficient (Wildman–Crippen LogP) is 2.61. The molecule has 2 rings (SSSR count). The van der Waals surface area contributed by atoms with E-state index in [1.54, 1.807) is 0 Å². The highest BCUT2D eigenvalue weighted by Crippen LogP contribution is 2.44. The van der Waals surface area contributed by atoms with Gasteiger partial charge >= 0.3 is 0 Å². The largest absolute Gasteiger partial charge is 0.301 e. The van der Waals surface area contributed by atoms with E-state index in [-0.39, 0.29) is 0 Å². The lowest BCUT2D eigenvalue weighted by molar-refractivity contribution is 0.0998. The summed E-state index contributed by atoms with van der Waals surface area (Å²) in [4.78, 5) is 2.63. The first-order chi connectivity index (χ1) is 6.22. The van der Waals surface area contributed by atoms with Gasteiger partial charge < -0.3 is 4.90 Å². The molecule has 2 heterocycles. The van der Waals surface area contributed by atoms with E-state index in [9.17, 15) is 0 Å². The van der Waals surface area contributed by atoms with Gasteiger partial charge in [-0.25, -0.2) is 0 Å². The average Bonchev–Trinajstić information content (AvgIpc) is 2.54. The van der Waals surface area contributed by atoms with Crippen LogP contribution in [0.25, 0.3) is 0 Å². The quantitative estimate of drug-likeness (QED) is 0.638. The van der Waals surface area contributed by atoms with Crippen LogP contribution >= 0.6 is 11.8 Å². The van der Waals surface area contributed by atoms with Crippen LogP contribution in [-0.4, -0.2) is 35.5 Å². The molecule has 2 fully saturated rings. The third kappa shape index (κ3) is 2.04. The zero-order valence-electron chi connectivity index (χ0n) is 8.88. The fraction of sp³-hybridized carbons (Fsp3) is 1.00.